The molecule has 4 rings (SSSR count). The third-order valence-electron chi connectivity index (χ3n) is 7.20. The average Bonchev–Trinajstić information content (AvgIpc) is 2.98. The monoisotopic (exact) mass is 570 g/mol. The van der Waals surface area contributed by atoms with E-state index < -0.39 is 65.8 Å². The summed E-state index contributed by atoms with van der Waals surface area (Å²) in [7, 11) is 1.11. The van der Waals surface area contributed by atoms with Gasteiger partial charge in [-0.3, -0.25) is 19.2 Å². The van der Waals surface area contributed by atoms with E-state index >= 15 is 0 Å². The molecule has 0 radical (unpaired) electrons. The predicted molar refractivity (Wildman–Crippen MR) is 143 cm³/mol. The van der Waals surface area contributed by atoms with Crippen LogP contribution in [-0.4, -0.2) is 61.3 Å². The number of carbonyl (C=O) groups excluding carboxylic acids is 4. The lowest BCUT2D eigenvalue weighted by Gasteiger charge is -2.32. The van der Waals surface area contributed by atoms with Gasteiger partial charge in [0, 0.05) is 36.2 Å². The van der Waals surface area contributed by atoms with Crippen LogP contribution in [0.2, 0.25) is 0 Å². The number of nitrogens with one attached hydrogen (secondary N) is 1. The Morgan fingerprint density at radius 3 is 2.39 bits per heavy atom. The Kier molecular flexibility index (Phi) is 9.26. The predicted octanol–water partition coefficient (Wildman–Crippen LogP) is 4.11. The molecule has 0 aromatic heterocycles. The summed E-state index contributed by atoms with van der Waals surface area (Å²) in [6.07, 6.45) is 0.123. The van der Waals surface area contributed by atoms with Crippen LogP contribution in [0.25, 0.3) is 10.8 Å². The first-order valence-corrected chi connectivity index (χ1v) is 13.0. The summed E-state index contributed by atoms with van der Waals surface area (Å²) in [4.78, 5) is 52.8. The van der Waals surface area contributed by atoms with Gasteiger partial charge in [-0.2, -0.15) is 4.39 Å². The molecule has 216 valence electrons. The molecule has 1 aliphatic rings. The van der Waals surface area contributed by atoms with Crippen LogP contribution in [0, 0.1) is 30.3 Å². The van der Waals surface area contributed by atoms with Gasteiger partial charge in [-0.25, -0.2) is 8.78 Å². The second-order valence-electron chi connectivity index (χ2n) is 9.80. The number of methoxy groups -OCH3 is 1. The maximum absolute atomic E-state index is 14.1. The van der Waals surface area contributed by atoms with E-state index in [1.165, 1.54) is 0 Å². The summed E-state index contributed by atoms with van der Waals surface area (Å²) in [5, 5.41) is 4.30. The Labute approximate surface area is 234 Å². The lowest BCUT2D eigenvalue weighted by atomic mass is 9.94. The van der Waals surface area contributed by atoms with Crippen molar-refractivity contribution >= 4 is 34.3 Å². The number of ether oxygens (including phenoxy) is 2. The number of amides is 2. The number of ketones is 1. The first kappa shape index (κ1) is 29.6. The molecule has 2 amide bonds. The standard InChI is InChI=1S/C30H29F3N2O6/c1-17-22(31)14-23(32)27(33)28(17)41-16-25(36)24(15-26(37)40-2)34-29(38)19-10-12-35(13-11-19)30(39)21-9-5-7-18-6-3-4-8-20(18)21/h3-9,14,19,24H,10-13,15-16H2,1-2H3,(H,34,38). The number of halogens is 3. The number of Topliss-reactive ketones (excluding diaryl/α,β-unsaturated/α-hetero) is 1. The molecule has 8 nitrogen and oxygen atoms in total. The number of hydrogen-bond donors (Lipinski definition) is 1. The number of rotatable bonds is 9. The van der Waals surface area contributed by atoms with E-state index in [1.807, 2.05) is 36.4 Å². The summed E-state index contributed by atoms with van der Waals surface area (Å²) in [5.74, 6) is -7.60. The summed E-state index contributed by atoms with van der Waals surface area (Å²) in [6, 6.07) is 12.0. The van der Waals surface area contributed by atoms with Crippen molar-refractivity contribution in [2.45, 2.75) is 32.2 Å². The highest BCUT2D eigenvalue weighted by molar-refractivity contribution is 6.07. The van der Waals surface area contributed by atoms with E-state index in [0.717, 1.165) is 24.8 Å². The van der Waals surface area contributed by atoms with Gasteiger partial charge in [-0.15, -0.1) is 0 Å². The van der Waals surface area contributed by atoms with Gasteiger partial charge >= 0.3 is 5.97 Å². The number of carbonyl (C=O) groups is 4. The van der Waals surface area contributed by atoms with Crippen molar-refractivity contribution in [2.24, 2.45) is 5.92 Å². The average molecular weight is 571 g/mol. The summed E-state index contributed by atoms with van der Waals surface area (Å²) in [6.45, 7) is 0.911. The topological polar surface area (TPSA) is 102 Å². The van der Waals surface area contributed by atoms with Gasteiger partial charge in [0.05, 0.1) is 13.5 Å². The molecule has 0 aliphatic carbocycles. The van der Waals surface area contributed by atoms with Crippen LogP contribution in [0.15, 0.2) is 48.5 Å². The summed E-state index contributed by atoms with van der Waals surface area (Å²) in [5.41, 5.74) is 0.231. The molecule has 11 heteroatoms. The molecule has 1 unspecified atom stereocenters. The fourth-order valence-corrected chi connectivity index (χ4v) is 4.79. The highest BCUT2D eigenvalue weighted by Crippen LogP contribution is 2.28. The molecular weight excluding hydrogens is 541 g/mol. The normalized spacial score (nSPS) is 14.4. The van der Waals surface area contributed by atoms with Gasteiger partial charge in [0.25, 0.3) is 5.91 Å². The SMILES string of the molecule is COC(=O)CC(NC(=O)C1CCN(C(=O)c2cccc3ccccc23)CC1)C(=O)COc1c(C)c(F)cc(F)c1F. The number of benzene rings is 3. The van der Waals surface area contributed by atoms with E-state index in [0.29, 0.717) is 37.6 Å². The number of hydrogen-bond acceptors (Lipinski definition) is 6. The van der Waals surface area contributed by atoms with Gasteiger partial charge in [0.15, 0.2) is 17.3 Å². The Bertz CT molecular complexity index is 1460. The smallest absolute Gasteiger partial charge is 0.308 e. The minimum absolute atomic E-state index is 0.145. The second kappa shape index (κ2) is 12.8. The highest BCUT2D eigenvalue weighted by atomic mass is 19.2. The van der Waals surface area contributed by atoms with Crippen LogP contribution in [0.1, 0.15) is 35.2 Å². The molecule has 1 atom stereocenters. The van der Waals surface area contributed by atoms with Crippen molar-refractivity contribution in [1.29, 1.82) is 0 Å². The molecule has 1 aliphatic heterocycles. The maximum Gasteiger partial charge on any atom is 0.308 e. The lowest BCUT2D eigenvalue weighted by Crippen LogP contribution is -2.49. The number of piperidine rings is 1. The van der Waals surface area contributed by atoms with E-state index in [4.69, 9.17) is 4.74 Å². The van der Waals surface area contributed by atoms with Crippen molar-refractivity contribution in [3.63, 3.8) is 0 Å². The maximum atomic E-state index is 14.1. The zero-order valence-corrected chi connectivity index (χ0v) is 22.5. The molecule has 1 saturated heterocycles. The van der Waals surface area contributed by atoms with Gasteiger partial charge < -0.3 is 19.7 Å². The number of fused-ring (bicyclic) bond motifs is 1. The van der Waals surface area contributed by atoms with Crippen molar-refractivity contribution < 1.29 is 41.8 Å². The molecule has 0 bridgehead atoms. The summed E-state index contributed by atoms with van der Waals surface area (Å²) < 4.78 is 51.3. The Morgan fingerprint density at radius 2 is 1.68 bits per heavy atom. The molecule has 41 heavy (non-hydrogen) atoms. The van der Waals surface area contributed by atoms with E-state index in [1.54, 1.807) is 11.0 Å². The van der Waals surface area contributed by atoms with Gasteiger partial charge in [-0.05, 0) is 36.6 Å². The molecule has 3 aromatic carbocycles. The van der Waals surface area contributed by atoms with Crippen LogP contribution in [0.4, 0.5) is 13.2 Å². The highest BCUT2D eigenvalue weighted by Gasteiger charge is 2.32. The molecule has 0 saturated carbocycles. The van der Waals surface area contributed by atoms with E-state index in [-0.39, 0.29) is 11.5 Å². The Balaban J connectivity index is 1.39. The molecule has 1 heterocycles. The lowest BCUT2D eigenvalue weighted by molar-refractivity contribution is -0.143. The van der Waals surface area contributed by atoms with Crippen LogP contribution in [0.3, 0.4) is 0 Å². The largest absolute Gasteiger partial charge is 0.482 e. The first-order chi connectivity index (χ1) is 19.6. The molecular formula is C30H29F3N2O6. The number of nitrogens with zero attached hydrogens (tertiary/aromatic N) is 1. The van der Waals surface area contributed by atoms with E-state index in [9.17, 15) is 32.3 Å². The Hall–Kier alpha value is -4.41. The second-order valence-corrected chi connectivity index (χ2v) is 9.80. The fraction of sp³-hybridized carbons (Fsp3) is 0.333. The van der Waals surface area contributed by atoms with Crippen molar-refractivity contribution in [1.82, 2.24) is 10.2 Å². The fourth-order valence-electron chi connectivity index (χ4n) is 4.79. The summed E-state index contributed by atoms with van der Waals surface area (Å²) >= 11 is 0. The molecule has 1 fully saturated rings. The van der Waals surface area contributed by atoms with E-state index in [2.05, 4.69) is 10.1 Å². The number of esters is 1. The van der Waals surface area contributed by atoms with Gasteiger partial charge in [-0.1, -0.05) is 36.4 Å². The van der Waals surface area contributed by atoms with Crippen LogP contribution < -0.4 is 10.1 Å². The van der Waals surface area contributed by atoms with Gasteiger partial charge in [0.2, 0.25) is 11.7 Å². The van der Waals surface area contributed by atoms with Gasteiger partial charge in [0.1, 0.15) is 18.5 Å². The van der Waals surface area contributed by atoms with Crippen molar-refractivity contribution in [3.8, 4) is 5.75 Å². The minimum atomic E-state index is -1.49. The molecule has 3 aromatic rings. The molecule has 0 spiro atoms. The first-order valence-electron chi connectivity index (χ1n) is 13.0. The number of likely N-dealkylation sites (tertiary alicyclic amines) is 1. The minimum Gasteiger partial charge on any atom is -0.482 e. The van der Waals surface area contributed by atoms with Crippen LogP contribution >= 0.6 is 0 Å². The van der Waals surface area contributed by atoms with Crippen LogP contribution in [-0.2, 0) is 19.1 Å². The third-order valence-corrected chi connectivity index (χ3v) is 7.20. The van der Waals surface area contributed by atoms with Crippen molar-refractivity contribution in [2.75, 3.05) is 26.8 Å². The quantitative estimate of drug-likeness (QED) is 0.307. The zero-order chi connectivity index (χ0) is 29.7. The molecule has 1 N–H and O–H groups in total. The van der Waals surface area contributed by atoms with Crippen molar-refractivity contribution in [3.05, 3.63) is 77.1 Å². The Morgan fingerprint density at radius 1 is 1.00 bits per heavy atom. The third kappa shape index (κ3) is 6.67. The van der Waals surface area contributed by atoms with Crippen LogP contribution in [0.5, 0.6) is 5.75 Å². The zero-order valence-electron chi connectivity index (χ0n) is 22.5.